The molecule has 0 saturated heterocycles. The smallest absolute Gasteiger partial charge is 0.319 e. The van der Waals surface area contributed by atoms with Crippen LogP contribution in [0.1, 0.15) is 18.1 Å². The van der Waals surface area contributed by atoms with E-state index >= 15 is 0 Å². The van der Waals surface area contributed by atoms with Gasteiger partial charge < -0.3 is 16.0 Å². The van der Waals surface area contributed by atoms with Crippen molar-refractivity contribution in [2.24, 2.45) is 0 Å². The Balaban J connectivity index is 1.78. The Morgan fingerprint density at radius 1 is 0.957 bits per heavy atom. The molecular weight excluding hydrogens is 290 g/mol. The zero-order valence-corrected chi connectivity index (χ0v) is 13.3. The molecule has 2 aromatic carbocycles. The van der Waals surface area contributed by atoms with Gasteiger partial charge in [-0.3, -0.25) is 4.79 Å². The van der Waals surface area contributed by atoms with Crippen molar-refractivity contribution >= 4 is 23.3 Å². The fourth-order valence-corrected chi connectivity index (χ4v) is 2.09. The van der Waals surface area contributed by atoms with Crippen LogP contribution in [0.3, 0.4) is 0 Å². The molecule has 0 aliphatic carbocycles. The van der Waals surface area contributed by atoms with Crippen LogP contribution in [0.5, 0.6) is 0 Å². The van der Waals surface area contributed by atoms with Crippen molar-refractivity contribution in [2.75, 3.05) is 17.2 Å². The zero-order chi connectivity index (χ0) is 16.7. The second-order valence-corrected chi connectivity index (χ2v) is 5.28. The SMILES string of the molecule is CCc1ccc(NC(=O)NCC(=O)Nc2cccc(C)c2)cc1. The van der Waals surface area contributed by atoms with E-state index in [9.17, 15) is 9.59 Å². The maximum Gasteiger partial charge on any atom is 0.319 e. The monoisotopic (exact) mass is 311 g/mol. The van der Waals surface area contributed by atoms with Crippen LogP contribution in [-0.4, -0.2) is 18.5 Å². The molecule has 0 heterocycles. The zero-order valence-electron chi connectivity index (χ0n) is 13.3. The summed E-state index contributed by atoms with van der Waals surface area (Å²) in [7, 11) is 0. The molecule has 5 nitrogen and oxygen atoms in total. The van der Waals surface area contributed by atoms with E-state index in [1.807, 2.05) is 49.4 Å². The van der Waals surface area contributed by atoms with E-state index in [1.165, 1.54) is 5.56 Å². The predicted molar refractivity (Wildman–Crippen MR) is 92.7 cm³/mol. The summed E-state index contributed by atoms with van der Waals surface area (Å²) in [6.45, 7) is 3.93. The van der Waals surface area contributed by atoms with E-state index in [1.54, 1.807) is 6.07 Å². The quantitative estimate of drug-likeness (QED) is 0.793. The molecule has 2 rings (SSSR count). The van der Waals surface area contributed by atoms with E-state index < -0.39 is 6.03 Å². The lowest BCUT2D eigenvalue weighted by Gasteiger charge is -2.09. The second kappa shape index (κ2) is 7.98. The van der Waals surface area contributed by atoms with Gasteiger partial charge in [-0.25, -0.2) is 4.79 Å². The number of benzene rings is 2. The molecule has 3 N–H and O–H groups in total. The van der Waals surface area contributed by atoms with Crippen LogP contribution >= 0.6 is 0 Å². The van der Waals surface area contributed by atoms with Crippen molar-refractivity contribution in [3.8, 4) is 0 Å². The highest BCUT2D eigenvalue weighted by molar-refractivity contribution is 5.96. The predicted octanol–water partition coefficient (Wildman–Crippen LogP) is 3.32. The Morgan fingerprint density at radius 3 is 2.35 bits per heavy atom. The van der Waals surface area contributed by atoms with Gasteiger partial charge in [0.25, 0.3) is 0 Å². The summed E-state index contributed by atoms with van der Waals surface area (Å²) >= 11 is 0. The third-order valence-corrected chi connectivity index (χ3v) is 3.33. The Morgan fingerprint density at radius 2 is 1.70 bits per heavy atom. The third-order valence-electron chi connectivity index (χ3n) is 3.33. The lowest BCUT2D eigenvalue weighted by atomic mass is 10.1. The molecule has 0 saturated carbocycles. The minimum Gasteiger partial charge on any atom is -0.329 e. The first-order chi connectivity index (χ1) is 11.1. The van der Waals surface area contributed by atoms with E-state index in [0.717, 1.165) is 12.0 Å². The molecular formula is C18H21N3O2. The summed E-state index contributed by atoms with van der Waals surface area (Å²) in [5.41, 5.74) is 3.67. The van der Waals surface area contributed by atoms with Crippen LogP contribution in [0.25, 0.3) is 0 Å². The van der Waals surface area contributed by atoms with Crippen molar-refractivity contribution < 1.29 is 9.59 Å². The summed E-state index contributed by atoms with van der Waals surface area (Å²) in [6, 6.07) is 14.7. The number of carbonyl (C=O) groups is 2. The number of carbonyl (C=O) groups excluding carboxylic acids is 2. The number of amides is 3. The van der Waals surface area contributed by atoms with Crippen LogP contribution in [0.4, 0.5) is 16.2 Å². The number of nitrogens with one attached hydrogen (secondary N) is 3. The first-order valence-electron chi connectivity index (χ1n) is 7.57. The Labute approximate surface area is 136 Å². The van der Waals surface area contributed by atoms with Gasteiger partial charge in [-0.05, 0) is 48.7 Å². The molecule has 120 valence electrons. The number of aryl methyl sites for hydroxylation is 2. The van der Waals surface area contributed by atoms with E-state index in [-0.39, 0.29) is 12.5 Å². The molecule has 0 aliphatic heterocycles. The standard InChI is InChI=1S/C18H21N3O2/c1-3-14-7-9-15(10-8-14)21-18(23)19-12-17(22)20-16-6-4-5-13(2)11-16/h4-11H,3,12H2,1-2H3,(H,20,22)(H2,19,21,23). The fourth-order valence-electron chi connectivity index (χ4n) is 2.09. The molecule has 2 aromatic rings. The van der Waals surface area contributed by atoms with E-state index in [0.29, 0.717) is 11.4 Å². The lowest BCUT2D eigenvalue weighted by Crippen LogP contribution is -2.35. The molecule has 0 aliphatic rings. The Hall–Kier alpha value is -2.82. The molecule has 0 spiro atoms. The molecule has 0 unspecified atom stereocenters. The first-order valence-corrected chi connectivity index (χ1v) is 7.57. The number of urea groups is 1. The average molecular weight is 311 g/mol. The van der Waals surface area contributed by atoms with Gasteiger partial charge in [0.2, 0.25) is 5.91 Å². The van der Waals surface area contributed by atoms with Crippen molar-refractivity contribution in [3.63, 3.8) is 0 Å². The average Bonchev–Trinajstić information content (AvgIpc) is 2.54. The van der Waals surface area contributed by atoms with Gasteiger partial charge in [-0.15, -0.1) is 0 Å². The van der Waals surface area contributed by atoms with Crippen LogP contribution in [0.15, 0.2) is 48.5 Å². The van der Waals surface area contributed by atoms with Gasteiger partial charge in [0.15, 0.2) is 0 Å². The molecule has 0 aromatic heterocycles. The first kappa shape index (κ1) is 16.5. The fraction of sp³-hybridized carbons (Fsp3) is 0.222. The molecule has 0 atom stereocenters. The minimum absolute atomic E-state index is 0.0905. The Bertz CT molecular complexity index is 681. The van der Waals surface area contributed by atoms with Crippen molar-refractivity contribution in [1.82, 2.24) is 5.32 Å². The highest BCUT2D eigenvalue weighted by Gasteiger charge is 2.06. The van der Waals surface area contributed by atoms with Gasteiger partial charge in [0, 0.05) is 11.4 Å². The van der Waals surface area contributed by atoms with Gasteiger partial charge in [-0.1, -0.05) is 31.2 Å². The molecule has 23 heavy (non-hydrogen) atoms. The third kappa shape index (κ3) is 5.47. The maximum atomic E-state index is 11.8. The minimum atomic E-state index is -0.409. The van der Waals surface area contributed by atoms with Gasteiger partial charge >= 0.3 is 6.03 Å². The number of hydrogen-bond acceptors (Lipinski definition) is 2. The summed E-state index contributed by atoms with van der Waals surface area (Å²) in [5, 5.41) is 7.96. The Kier molecular flexibility index (Phi) is 5.74. The molecule has 5 heteroatoms. The van der Waals surface area contributed by atoms with Gasteiger partial charge in [0.05, 0.1) is 6.54 Å². The number of hydrogen-bond donors (Lipinski definition) is 3. The van der Waals surface area contributed by atoms with E-state index in [4.69, 9.17) is 0 Å². The largest absolute Gasteiger partial charge is 0.329 e. The second-order valence-electron chi connectivity index (χ2n) is 5.28. The summed E-state index contributed by atoms with van der Waals surface area (Å²) in [4.78, 5) is 23.6. The van der Waals surface area contributed by atoms with Crippen LogP contribution < -0.4 is 16.0 Å². The topological polar surface area (TPSA) is 70.2 Å². The van der Waals surface area contributed by atoms with Crippen molar-refractivity contribution in [1.29, 1.82) is 0 Å². The molecule has 3 amide bonds. The lowest BCUT2D eigenvalue weighted by molar-refractivity contribution is -0.115. The van der Waals surface area contributed by atoms with Crippen molar-refractivity contribution in [3.05, 3.63) is 59.7 Å². The summed E-state index contributed by atoms with van der Waals surface area (Å²) in [6.07, 6.45) is 0.950. The highest BCUT2D eigenvalue weighted by atomic mass is 16.2. The summed E-state index contributed by atoms with van der Waals surface area (Å²) < 4.78 is 0. The van der Waals surface area contributed by atoms with Crippen molar-refractivity contribution in [2.45, 2.75) is 20.3 Å². The number of rotatable bonds is 5. The summed E-state index contributed by atoms with van der Waals surface area (Å²) in [5.74, 6) is -0.271. The maximum absolute atomic E-state index is 11.8. The van der Waals surface area contributed by atoms with E-state index in [2.05, 4.69) is 22.9 Å². The highest BCUT2D eigenvalue weighted by Crippen LogP contribution is 2.10. The molecule has 0 radical (unpaired) electrons. The molecule has 0 bridgehead atoms. The van der Waals surface area contributed by atoms with Gasteiger partial charge in [-0.2, -0.15) is 0 Å². The van der Waals surface area contributed by atoms with Crippen LogP contribution in [-0.2, 0) is 11.2 Å². The number of anilines is 2. The van der Waals surface area contributed by atoms with Crippen LogP contribution in [0, 0.1) is 6.92 Å². The molecule has 0 fully saturated rings. The van der Waals surface area contributed by atoms with Crippen LogP contribution in [0.2, 0.25) is 0 Å². The van der Waals surface area contributed by atoms with Gasteiger partial charge in [0.1, 0.15) is 0 Å². The normalized spacial score (nSPS) is 10.0.